The van der Waals surface area contributed by atoms with Crippen molar-refractivity contribution in [1.82, 2.24) is 4.72 Å². The number of nitrogens with one attached hydrogen (secondary N) is 1. The van der Waals surface area contributed by atoms with E-state index in [0.717, 1.165) is 0 Å². The maximum Gasteiger partial charge on any atom is 0.343 e. The van der Waals surface area contributed by atoms with Gasteiger partial charge in [-0.25, -0.2) is 17.9 Å². The van der Waals surface area contributed by atoms with Crippen molar-refractivity contribution in [3.05, 3.63) is 23.8 Å². The Kier molecular flexibility index (Phi) is 6.60. The first-order valence-electron chi connectivity index (χ1n) is 6.31. The topological polar surface area (TPSA) is 102 Å². The van der Waals surface area contributed by atoms with Gasteiger partial charge in [-0.15, -0.1) is 0 Å². The average molecular weight is 317 g/mol. The predicted octanol–water partition coefficient (Wildman–Crippen LogP) is 0.208. The smallest absolute Gasteiger partial charge is 0.343 e. The van der Waals surface area contributed by atoms with Gasteiger partial charge in [-0.1, -0.05) is 0 Å². The van der Waals surface area contributed by atoms with Gasteiger partial charge in [-0.3, -0.25) is 0 Å². The van der Waals surface area contributed by atoms with Crippen LogP contribution in [0.1, 0.15) is 12.0 Å². The molecule has 0 spiro atoms. The number of carbonyl (C=O) groups excluding carboxylic acids is 1. The Balaban J connectivity index is 2.79. The van der Waals surface area contributed by atoms with Gasteiger partial charge in [-0.2, -0.15) is 0 Å². The maximum atomic E-state index is 12.0. The van der Waals surface area contributed by atoms with Crippen molar-refractivity contribution >= 4 is 16.0 Å². The van der Waals surface area contributed by atoms with E-state index >= 15 is 0 Å². The molecule has 8 heteroatoms. The molecule has 0 amide bonds. The summed E-state index contributed by atoms with van der Waals surface area (Å²) in [5.74, 6) is -0.105. The van der Waals surface area contributed by atoms with Crippen LogP contribution >= 0.6 is 0 Å². The fraction of sp³-hybridized carbons (Fsp3) is 0.462. The molecule has 0 heterocycles. The number of aliphatic hydroxyl groups is 1. The van der Waals surface area contributed by atoms with Crippen LogP contribution in [0.25, 0.3) is 0 Å². The molecular formula is C13H19NO6S. The number of methoxy groups -OCH3 is 1. The molecule has 0 aliphatic heterocycles. The Bertz CT molecular complexity index is 584. The van der Waals surface area contributed by atoms with Crippen LogP contribution in [0.2, 0.25) is 0 Å². The van der Waals surface area contributed by atoms with Gasteiger partial charge in [0.05, 0.1) is 12.0 Å². The van der Waals surface area contributed by atoms with E-state index < -0.39 is 16.0 Å². The standard InChI is InChI=1S/C13H19NO6S/c1-10-8-11(21(17,18)14-6-3-7-15)4-5-12(10)20-9-13(16)19-2/h4-5,8,14-15H,3,6-7,9H2,1-2H3. The maximum absolute atomic E-state index is 12.0. The summed E-state index contributed by atoms with van der Waals surface area (Å²) in [6.07, 6.45) is 0.346. The third-order valence-corrected chi connectivity index (χ3v) is 4.12. The number of carbonyl (C=O) groups is 1. The lowest BCUT2D eigenvalue weighted by molar-refractivity contribution is -0.142. The van der Waals surface area contributed by atoms with Gasteiger partial charge in [0.1, 0.15) is 5.75 Å². The summed E-state index contributed by atoms with van der Waals surface area (Å²) in [6.45, 7) is 1.53. The molecule has 2 N–H and O–H groups in total. The van der Waals surface area contributed by atoms with Crippen LogP contribution < -0.4 is 9.46 Å². The van der Waals surface area contributed by atoms with E-state index in [1.54, 1.807) is 6.92 Å². The normalized spacial score (nSPS) is 11.2. The fourth-order valence-electron chi connectivity index (χ4n) is 1.52. The lowest BCUT2D eigenvalue weighted by Crippen LogP contribution is -2.25. The Morgan fingerprint density at radius 2 is 2.10 bits per heavy atom. The third-order valence-electron chi connectivity index (χ3n) is 2.66. The van der Waals surface area contributed by atoms with E-state index in [0.29, 0.717) is 17.7 Å². The second-order valence-electron chi connectivity index (χ2n) is 4.27. The van der Waals surface area contributed by atoms with Crippen molar-refractivity contribution in [2.45, 2.75) is 18.2 Å². The van der Waals surface area contributed by atoms with Crippen LogP contribution in [-0.4, -0.2) is 46.4 Å². The SMILES string of the molecule is COC(=O)COc1ccc(S(=O)(=O)NCCCO)cc1C. The van der Waals surface area contributed by atoms with E-state index in [2.05, 4.69) is 9.46 Å². The number of rotatable bonds is 8. The Morgan fingerprint density at radius 1 is 1.38 bits per heavy atom. The summed E-state index contributed by atoms with van der Waals surface area (Å²) in [4.78, 5) is 11.1. The van der Waals surface area contributed by atoms with Crippen molar-refractivity contribution < 1.29 is 27.8 Å². The molecule has 0 aliphatic rings. The van der Waals surface area contributed by atoms with E-state index in [-0.39, 0.29) is 24.7 Å². The lowest BCUT2D eigenvalue weighted by Gasteiger charge is -2.11. The number of ether oxygens (including phenoxy) is 2. The molecule has 21 heavy (non-hydrogen) atoms. The van der Waals surface area contributed by atoms with Gasteiger partial charge in [0.15, 0.2) is 6.61 Å². The molecule has 0 aromatic heterocycles. The van der Waals surface area contributed by atoms with Gasteiger partial charge >= 0.3 is 5.97 Å². The zero-order valence-electron chi connectivity index (χ0n) is 12.0. The molecule has 0 unspecified atom stereocenters. The number of aryl methyl sites for hydroxylation is 1. The van der Waals surface area contributed by atoms with Crippen molar-refractivity contribution in [1.29, 1.82) is 0 Å². The second kappa shape index (κ2) is 7.96. The van der Waals surface area contributed by atoms with Crippen LogP contribution in [0.4, 0.5) is 0 Å². The molecule has 7 nitrogen and oxygen atoms in total. The zero-order valence-corrected chi connectivity index (χ0v) is 12.8. The van der Waals surface area contributed by atoms with Crippen molar-refractivity contribution in [2.24, 2.45) is 0 Å². The Labute approximate surface area is 123 Å². The van der Waals surface area contributed by atoms with Crippen LogP contribution in [0.3, 0.4) is 0 Å². The quantitative estimate of drug-likeness (QED) is 0.525. The lowest BCUT2D eigenvalue weighted by atomic mass is 10.2. The summed E-state index contributed by atoms with van der Waals surface area (Å²) in [7, 11) is -2.36. The molecule has 0 saturated heterocycles. The number of hydrogen-bond donors (Lipinski definition) is 2. The van der Waals surface area contributed by atoms with Gasteiger partial charge in [0, 0.05) is 13.2 Å². The Hall–Kier alpha value is -1.64. The molecule has 0 bridgehead atoms. The van der Waals surface area contributed by atoms with Crippen molar-refractivity contribution in [2.75, 3.05) is 26.9 Å². The monoisotopic (exact) mass is 317 g/mol. The van der Waals surface area contributed by atoms with Gasteiger partial charge in [0.2, 0.25) is 10.0 Å². The number of sulfonamides is 1. The molecule has 0 fully saturated rings. The highest BCUT2D eigenvalue weighted by Crippen LogP contribution is 2.21. The average Bonchev–Trinajstić information content (AvgIpc) is 2.45. The summed E-state index contributed by atoms with van der Waals surface area (Å²) in [6, 6.07) is 4.33. The fourth-order valence-corrected chi connectivity index (χ4v) is 2.67. The molecule has 1 rings (SSSR count). The summed E-state index contributed by atoms with van der Waals surface area (Å²) in [5.41, 5.74) is 0.587. The molecule has 0 atom stereocenters. The van der Waals surface area contributed by atoms with Crippen LogP contribution in [0.5, 0.6) is 5.75 Å². The zero-order chi connectivity index (χ0) is 15.9. The highest BCUT2D eigenvalue weighted by molar-refractivity contribution is 7.89. The van der Waals surface area contributed by atoms with Gasteiger partial charge in [-0.05, 0) is 37.1 Å². The highest BCUT2D eigenvalue weighted by atomic mass is 32.2. The first-order valence-corrected chi connectivity index (χ1v) is 7.80. The molecule has 1 aromatic rings. The summed E-state index contributed by atoms with van der Waals surface area (Å²) < 4.78 is 36.0. The minimum Gasteiger partial charge on any atom is -0.482 e. The molecule has 1 aromatic carbocycles. The van der Waals surface area contributed by atoms with Crippen molar-refractivity contribution in [3.63, 3.8) is 0 Å². The van der Waals surface area contributed by atoms with E-state index in [4.69, 9.17) is 9.84 Å². The highest BCUT2D eigenvalue weighted by Gasteiger charge is 2.15. The molecular weight excluding hydrogens is 298 g/mol. The largest absolute Gasteiger partial charge is 0.482 e. The molecule has 0 radical (unpaired) electrons. The van der Waals surface area contributed by atoms with Gasteiger partial charge in [0.25, 0.3) is 0 Å². The molecule has 0 saturated carbocycles. The molecule has 118 valence electrons. The van der Waals surface area contributed by atoms with E-state index in [1.807, 2.05) is 0 Å². The summed E-state index contributed by atoms with van der Waals surface area (Å²) >= 11 is 0. The van der Waals surface area contributed by atoms with E-state index in [1.165, 1.54) is 25.3 Å². The molecule has 0 aliphatic carbocycles. The predicted molar refractivity (Wildman–Crippen MR) is 75.6 cm³/mol. The minimum atomic E-state index is -3.62. The minimum absolute atomic E-state index is 0.0815. The number of benzene rings is 1. The first kappa shape index (κ1) is 17.4. The van der Waals surface area contributed by atoms with E-state index in [9.17, 15) is 13.2 Å². The number of aliphatic hydroxyl groups excluding tert-OH is 1. The van der Waals surface area contributed by atoms with Crippen molar-refractivity contribution in [3.8, 4) is 5.75 Å². The number of esters is 1. The first-order chi connectivity index (χ1) is 9.90. The van der Waals surface area contributed by atoms with Gasteiger partial charge < -0.3 is 14.6 Å². The second-order valence-corrected chi connectivity index (χ2v) is 6.03. The van der Waals surface area contributed by atoms with Crippen LogP contribution in [0, 0.1) is 6.92 Å². The Morgan fingerprint density at radius 3 is 2.67 bits per heavy atom. The van der Waals surface area contributed by atoms with Crippen LogP contribution in [-0.2, 0) is 19.6 Å². The summed E-state index contributed by atoms with van der Waals surface area (Å²) in [5, 5.41) is 8.65. The van der Waals surface area contributed by atoms with Crippen LogP contribution in [0.15, 0.2) is 23.1 Å². The third kappa shape index (κ3) is 5.33. The number of hydrogen-bond acceptors (Lipinski definition) is 6.